The van der Waals surface area contributed by atoms with Crippen molar-refractivity contribution < 1.29 is 4.74 Å². The molecule has 0 spiro atoms. The lowest BCUT2D eigenvalue weighted by molar-refractivity contribution is 0.414. The van der Waals surface area contributed by atoms with Crippen LogP contribution in [0.5, 0.6) is 5.75 Å². The first-order chi connectivity index (χ1) is 9.20. The zero-order valence-electron chi connectivity index (χ0n) is 11.0. The van der Waals surface area contributed by atoms with Crippen molar-refractivity contribution in [3.8, 4) is 5.75 Å². The summed E-state index contributed by atoms with van der Waals surface area (Å²) >= 11 is 1.61. The van der Waals surface area contributed by atoms with Gasteiger partial charge in [-0.2, -0.15) is 0 Å². The van der Waals surface area contributed by atoms with Gasteiger partial charge in [0.25, 0.3) is 0 Å². The van der Waals surface area contributed by atoms with E-state index in [1.54, 1.807) is 37.5 Å². The predicted molar refractivity (Wildman–Crippen MR) is 77.3 cm³/mol. The van der Waals surface area contributed by atoms with Gasteiger partial charge in [0.2, 0.25) is 0 Å². The molecule has 2 N–H and O–H groups in total. The van der Waals surface area contributed by atoms with Crippen LogP contribution >= 0.6 is 11.8 Å². The summed E-state index contributed by atoms with van der Waals surface area (Å²) in [5.74, 6) is 0.836. The Morgan fingerprint density at radius 3 is 2.79 bits per heavy atom. The summed E-state index contributed by atoms with van der Waals surface area (Å²) in [6.45, 7) is 1.99. The van der Waals surface area contributed by atoms with E-state index in [-0.39, 0.29) is 11.3 Å². The standard InChI is InChI=1S/C14H17N3OS/c1-10(15)14(19-13-9-16-6-7-17-13)11-4-3-5-12(8-11)18-2/h3-10,14H,15H2,1-2H3. The zero-order valence-corrected chi connectivity index (χ0v) is 11.8. The number of nitrogens with zero attached hydrogens (tertiary/aromatic N) is 2. The summed E-state index contributed by atoms with van der Waals surface area (Å²) in [6, 6.07) is 7.96. The normalized spacial score (nSPS) is 13.8. The molecule has 2 aromatic rings. The van der Waals surface area contributed by atoms with Crippen LogP contribution in [-0.4, -0.2) is 23.1 Å². The quantitative estimate of drug-likeness (QED) is 0.850. The Bertz CT molecular complexity index is 519. The second-order valence-corrected chi connectivity index (χ2v) is 5.38. The minimum atomic E-state index is -0.000822. The van der Waals surface area contributed by atoms with E-state index in [2.05, 4.69) is 16.0 Å². The number of nitrogens with two attached hydrogens (primary N) is 1. The Morgan fingerprint density at radius 2 is 2.16 bits per heavy atom. The molecule has 100 valence electrons. The molecule has 5 heteroatoms. The van der Waals surface area contributed by atoms with E-state index < -0.39 is 0 Å². The molecule has 0 aliphatic carbocycles. The fourth-order valence-electron chi connectivity index (χ4n) is 1.77. The summed E-state index contributed by atoms with van der Waals surface area (Å²) in [5, 5.41) is 0.986. The maximum Gasteiger partial charge on any atom is 0.119 e. The molecule has 0 saturated carbocycles. The highest BCUT2D eigenvalue weighted by molar-refractivity contribution is 7.99. The van der Waals surface area contributed by atoms with Crippen molar-refractivity contribution in [2.45, 2.75) is 23.2 Å². The average Bonchev–Trinajstić information content (AvgIpc) is 2.45. The summed E-state index contributed by atoms with van der Waals surface area (Å²) < 4.78 is 5.26. The van der Waals surface area contributed by atoms with E-state index in [0.717, 1.165) is 16.3 Å². The van der Waals surface area contributed by atoms with Crippen molar-refractivity contribution in [1.82, 2.24) is 9.97 Å². The molecule has 2 atom stereocenters. The Balaban J connectivity index is 2.24. The van der Waals surface area contributed by atoms with Crippen LogP contribution in [0, 0.1) is 0 Å². The van der Waals surface area contributed by atoms with Crippen molar-refractivity contribution in [3.05, 3.63) is 48.4 Å². The highest BCUT2D eigenvalue weighted by atomic mass is 32.2. The van der Waals surface area contributed by atoms with Gasteiger partial charge in [0.1, 0.15) is 10.8 Å². The third-order valence-electron chi connectivity index (χ3n) is 2.69. The lowest BCUT2D eigenvalue weighted by Crippen LogP contribution is -2.22. The average molecular weight is 275 g/mol. The minimum Gasteiger partial charge on any atom is -0.497 e. The van der Waals surface area contributed by atoms with Crippen LogP contribution in [0.1, 0.15) is 17.7 Å². The number of hydrogen-bond donors (Lipinski definition) is 1. The number of methoxy groups -OCH3 is 1. The van der Waals surface area contributed by atoms with Crippen LogP contribution in [0.4, 0.5) is 0 Å². The second-order valence-electron chi connectivity index (χ2n) is 4.22. The molecule has 2 rings (SSSR count). The smallest absolute Gasteiger partial charge is 0.119 e. The molecule has 1 heterocycles. The molecule has 0 fully saturated rings. The first-order valence-corrected chi connectivity index (χ1v) is 6.91. The van der Waals surface area contributed by atoms with Crippen molar-refractivity contribution in [2.24, 2.45) is 5.73 Å². The maximum absolute atomic E-state index is 6.10. The number of thioether (sulfide) groups is 1. The molecule has 19 heavy (non-hydrogen) atoms. The third kappa shape index (κ3) is 3.68. The molecular formula is C14H17N3OS. The Kier molecular flexibility index (Phi) is 4.76. The maximum atomic E-state index is 6.10. The molecule has 0 bridgehead atoms. The fourth-order valence-corrected chi connectivity index (χ4v) is 2.77. The molecule has 1 aromatic carbocycles. The van der Waals surface area contributed by atoms with Crippen molar-refractivity contribution in [3.63, 3.8) is 0 Å². The van der Waals surface area contributed by atoms with Crippen molar-refractivity contribution in [1.29, 1.82) is 0 Å². The van der Waals surface area contributed by atoms with Gasteiger partial charge in [0.05, 0.1) is 18.6 Å². The monoisotopic (exact) mass is 275 g/mol. The fraction of sp³-hybridized carbons (Fsp3) is 0.286. The molecule has 0 amide bonds. The Morgan fingerprint density at radius 1 is 1.32 bits per heavy atom. The number of hydrogen-bond acceptors (Lipinski definition) is 5. The summed E-state index contributed by atoms with van der Waals surface area (Å²) in [4.78, 5) is 8.36. The van der Waals surface area contributed by atoms with E-state index in [4.69, 9.17) is 10.5 Å². The van der Waals surface area contributed by atoms with Gasteiger partial charge in [-0.3, -0.25) is 4.98 Å². The number of ether oxygens (including phenoxy) is 1. The van der Waals surface area contributed by atoms with Crippen LogP contribution in [0.25, 0.3) is 0 Å². The molecule has 2 unspecified atom stereocenters. The minimum absolute atomic E-state index is 0.000822. The summed E-state index contributed by atoms with van der Waals surface area (Å²) in [5.41, 5.74) is 7.23. The lowest BCUT2D eigenvalue weighted by Gasteiger charge is -2.20. The van der Waals surface area contributed by atoms with Gasteiger partial charge in [-0.05, 0) is 24.6 Å². The SMILES string of the molecule is COc1cccc(C(Sc2cnccn2)C(C)N)c1. The van der Waals surface area contributed by atoms with Crippen LogP contribution in [0.3, 0.4) is 0 Å². The van der Waals surface area contributed by atoms with Crippen molar-refractivity contribution >= 4 is 11.8 Å². The molecule has 0 aliphatic rings. The Labute approximate surface area is 117 Å². The van der Waals surface area contributed by atoms with Gasteiger partial charge in [0, 0.05) is 18.4 Å². The highest BCUT2D eigenvalue weighted by Crippen LogP contribution is 2.36. The van der Waals surface area contributed by atoms with Crippen LogP contribution in [0.15, 0.2) is 47.9 Å². The third-order valence-corrected chi connectivity index (χ3v) is 4.09. The largest absolute Gasteiger partial charge is 0.497 e. The predicted octanol–water partition coefficient (Wildman–Crippen LogP) is 2.67. The Hall–Kier alpha value is -1.59. The molecule has 1 aromatic heterocycles. The lowest BCUT2D eigenvalue weighted by atomic mass is 10.1. The second kappa shape index (κ2) is 6.54. The van der Waals surface area contributed by atoms with Crippen LogP contribution < -0.4 is 10.5 Å². The number of benzene rings is 1. The number of rotatable bonds is 5. The van der Waals surface area contributed by atoms with Gasteiger partial charge in [-0.15, -0.1) is 0 Å². The van der Waals surface area contributed by atoms with Gasteiger partial charge < -0.3 is 10.5 Å². The van der Waals surface area contributed by atoms with E-state index in [9.17, 15) is 0 Å². The van der Waals surface area contributed by atoms with Crippen molar-refractivity contribution in [2.75, 3.05) is 7.11 Å². The number of aromatic nitrogens is 2. The molecule has 0 radical (unpaired) electrons. The van der Waals surface area contributed by atoms with Gasteiger partial charge in [-0.25, -0.2) is 4.98 Å². The highest BCUT2D eigenvalue weighted by Gasteiger charge is 2.19. The van der Waals surface area contributed by atoms with E-state index in [0.29, 0.717) is 0 Å². The van der Waals surface area contributed by atoms with Gasteiger partial charge in [0.15, 0.2) is 0 Å². The van der Waals surface area contributed by atoms with Gasteiger partial charge in [-0.1, -0.05) is 23.9 Å². The summed E-state index contributed by atoms with van der Waals surface area (Å²) in [6.07, 6.45) is 5.10. The molecule has 4 nitrogen and oxygen atoms in total. The topological polar surface area (TPSA) is 61.0 Å². The van der Waals surface area contributed by atoms with E-state index >= 15 is 0 Å². The first kappa shape index (κ1) is 13.8. The van der Waals surface area contributed by atoms with Crippen LogP contribution in [0.2, 0.25) is 0 Å². The zero-order chi connectivity index (χ0) is 13.7. The van der Waals surface area contributed by atoms with E-state index in [1.165, 1.54) is 0 Å². The molecule has 0 aliphatic heterocycles. The molecule has 0 saturated heterocycles. The first-order valence-electron chi connectivity index (χ1n) is 6.03. The van der Waals surface area contributed by atoms with Gasteiger partial charge >= 0.3 is 0 Å². The van der Waals surface area contributed by atoms with Crippen LogP contribution in [-0.2, 0) is 0 Å². The summed E-state index contributed by atoms with van der Waals surface area (Å²) in [7, 11) is 1.66. The molecular weight excluding hydrogens is 258 g/mol. The van der Waals surface area contributed by atoms with E-state index in [1.807, 2.05) is 25.1 Å².